The third kappa shape index (κ3) is 12.7. The van der Waals surface area contributed by atoms with E-state index in [0.29, 0.717) is 6.42 Å². The first kappa shape index (κ1) is 16.7. The van der Waals surface area contributed by atoms with Crippen LogP contribution in [0.4, 0.5) is 0 Å². The van der Waals surface area contributed by atoms with Gasteiger partial charge in [0.05, 0.1) is 0 Å². The lowest BCUT2D eigenvalue weighted by atomic mass is 10.1. The van der Waals surface area contributed by atoms with Gasteiger partial charge in [-0.3, -0.25) is 4.79 Å². The Labute approximate surface area is 109 Å². The molecule has 0 spiro atoms. The van der Waals surface area contributed by atoms with Crippen LogP contribution in [0.1, 0.15) is 57.8 Å². The van der Waals surface area contributed by atoms with Gasteiger partial charge >= 0.3 is 0 Å². The molecule has 0 aromatic rings. The molecule has 0 aliphatic rings. The van der Waals surface area contributed by atoms with Crippen LogP contribution in [0.15, 0.2) is 12.7 Å². The summed E-state index contributed by atoms with van der Waals surface area (Å²) in [4.78, 5) is 21.4. The summed E-state index contributed by atoms with van der Waals surface area (Å²) in [5.74, 6) is -1.20. The Morgan fingerprint density at radius 1 is 1.00 bits per heavy atom. The minimum Gasteiger partial charge on any atom is -0.550 e. The van der Waals surface area contributed by atoms with E-state index >= 15 is 0 Å². The van der Waals surface area contributed by atoms with Gasteiger partial charge in [-0.25, -0.2) is 0 Å². The fourth-order valence-electron chi connectivity index (χ4n) is 1.67. The summed E-state index contributed by atoms with van der Waals surface area (Å²) in [6.07, 6.45) is 10.1. The zero-order chi connectivity index (χ0) is 13.6. The molecular formula is C14H24NO3-. The topological polar surface area (TPSA) is 69.2 Å². The second kappa shape index (κ2) is 12.1. The van der Waals surface area contributed by atoms with Gasteiger partial charge in [0.25, 0.3) is 0 Å². The van der Waals surface area contributed by atoms with Gasteiger partial charge < -0.3 is 15.2 Å². The summed E-state index contributed by atoms with van der Waals surface area (Å²) in [6.45, 7) is 3.85. The van der Waals surface area contributed by atoms with E-state index in [1.807, 2.05) is 6.08 Å². The molecule has 0 fully saturated rings. The van der Waals surface area contributed by atoms with E-state index < -0.39 is 5.97 Å². The number of amides is 1. The van der Waals surface area contributed by atoms with Crippen LogP contribution in [0.2, 0.25) is 0 Å². The number of rotatable bonds is 12. The van der Waals surface area contributed by atoms with Gasteiger partial charge in [-0.1, -0.05) is 31.8 Å². The summed E-state index contributed by atoms with van der Waals surface area (Å²) < 4.78 is 0. The number of allylic oxidation sites excluding steroid dienone is 1. The smallest absolute Gasteiger partial charge is 0.220 e. The number of carboxylic acid groups (broad SMARTS) is 1. The zero-order valence-corrected chi connectivity index (χ0v) is 11.1. The minimum absolute atomic E-state index is 0.0668. The van der Waals surface area contributed by atoms with Crippen molar-refractivity contribution < 1.29 is 14.7 Å². The number of unbranched alkanes of at least 4 members (excludes halogenated alkanes) is 6. The van der Waals surface area contributed by atoms with E-state index in [4.69, 9.17) is 0 Å². The molecule has 18 heavy (non-hydrogen) atoms. The molecule has 0 unspecified atom stereocenters. The summed E-state index contributed by atoms with van der Waals surface area (Å²) >= 11 is 0. The van der Waals surface area contributed by atoms with Crippen molar-refractivity contribution in [3.05, 3.63) is 12.7 Å². The van der Waals surface area contributed by atoms with Crippen molar-refractivity contribution in [2.45, 2.75) is 57.8 Å². The fourth-order valence-corrected chi connectivity index (χ4v) is 1.67. The monoisotopic (exact) mass is 254 g/mol. The average Bonchev–Trinajstić information content (AvgIpc) is 2.32. The quantitative estimate of drug-likeness (QED) is 0.424. The second-order valence-corrected chi connectivity index (χ2v) is 4.42. The number of aliphatic carboxylic acids is 1. The van der Waals surface area contributed by atoms with Crippen molar-refractivity contribution in [3.63, 3.8) is 0 Å². The van der Waals surface area contributed by atoms with E-state index in [1.165, 1.54) is 19.3 Å². The van der Waals surface area contributed by atoms with Crippen molar-refractivity contribution >= 4 is 11.9 Å². The third-order valence-electron chi connectivity index (χ3n) is 2.71. The largest absolute Gasteiger partial charge is 0.550 e. The molecule has 0 rings (SSSR count). The molecule has 4 heteroatoms. The maximum Gasteiger partial charge on any atom is 0.220 e. The summed E-state index contributed by atoms with van der Waals surface area (Å²) in [5, 5.41) is 12.7. The Morgan fingerprint density at radius 3 is 2.22 bits per heavy atom. The first-order valence-corrected chi connectivity index (χ1v) is 6.74. The van der Waals surface area contributed by atoms with Crippen LogP contribution in [-0.2, 0) is 9.59 Å². The van der Waals surface area contributed by atoms with Gasteiger partial charge in [-0.05, 0) is 19.3 Å². The molecular weight excluding hydrogens is 230 g/mol. The van der Waals surface area contributed by atoms with Crippen LogP contribution >= 0.6 is 0 Å². The molecule has 0 saturated heterocycles. The predicted octanol–water partition coefficient (Wildman–Crippen LogP) is 1.55. The standard InChI is InChI=1S/C14H25NO3/c1-2-3-4-5-6-7-8-9-10-13(16)15-12-11-14(17)18/h2H,1,3-12H2,(H,15,16)(H,17,18)/p-1. The zero-order valence-electron chi connectivity index (χ0n) is 11.1. The highest BCUT2D eigenvalue weighted by atomic mass is 16.4. The molecule has 0 aliphatic carbocycles. The van der Waals surface area contributed by atoms with Gasteiger partial charge in [0.1, 0.15) is 0 Å². The van der Waals surface area contributed by atoms with E-state index in [0.717, 1.165) is 25.7 Å². The van der Waals surface area contributed by atoms with Crippen LogP contribution in [-0.4, -0.2) is 18.4 Å². The number of carbonyl (C=O) groups excluding carboxylic acids is 2. The minimum atomic E-state index is -1.13. The van der Waals surface area contributed by atoms with Crippen LogP contribution in [0, 0.1) is 0 Å². The highest BCUT2D eigenvalue weighted by molar-refractivity contribution is 5.76. The van der Waals surface area contributed by atoms with Crippen molar-refractivity contribution in [1.29, 1.82) is 0 Å². The van der Waals surface area contributed by atoms with E-state index in [-0.39, 0.29) is 18.9 Å². The molecule has 1 N–H and O–H groups in total. The number of carboxylic acids is 1. The van der Waals surface area contributed by atoms with E-state index in [1.54, 1.807) is 0 Å². The second-order valence-electron chi connectivity index (χ2n) is 4.42. The summed E-state index contributed by atoms with van der Waals surface area (Å²) in [5.41, 5.74) is 0. The average molecular weight is 254 g/mol. The van der Waals surface area contributed by atoms with Crippen molar-refractivity contribution in [2.75, 3.05) is 6.54 Å². The van der Waals surface area contributed by atoms with E-state index in [2.05, 4.69) is 11.9 Å². The Kier molecular flexibility index (Phi) is 11.3. The normalized spacial score (nSPS) is 10.0. The molecule has 0 aromatic heterocycles. The lowest BCUT2D eigenvalue weighted by Crippen LogP contribution is -2.30. The van der Waals surface area contributed by atoms with E-state index in [9.17, 15) is 14.7 Å². The van der Waals surface area contributed by atoms with Gasteiger partial charge in [0.15, 0.2) is 0 Å². The molecule has 1 amide bonds. The lowest BCUT2D eigenvalue weighted by molar-refractivity contribution is -0.305. The Morgan fingerprint density at radius 2 is 1.61 bits per heavy atom. The lowest BCUT2D eigenvalue weighted by Gasteiger charge is -2.05. The molecule has 0 saturated carbocycles. The number of carbonyl (C=O) groups is 2. The third-order valence-corrected chi connectivity index (χ3v) is 2.71. The van der Waals surface area contributed by atoms with Crippen molar-refractivity contribution in [3.8, 4) is 0 Å². The molecule has 0 aliphatic heterocycles. The summed E-state index contributed by atoms with van der Waals surface area (Å²) in [7, 11) is 0. The molecule has 0 aromatic carbocycles. The molecule has 104 valence electrons. The van der Waals surface area contributed by atoms with Crippen molar-refractivity contribution in [2.24, 2.45) is 0 Å². The highest BCUT2D eigenvalue weighted by Crippen LogP contribution is 2.08. The molecule has 0 atom stereocenters. The van der Waals surface area contributed by atoms with Crippen LogP contribution in [0.25, 0.3) is 0 Å². The van der Waals surface area contributed by atoms with Crippen LogP contribution in [0.5, 0.6) is 0 Å². The highest BCUT2D eigenvalue weighted by Gasteiger charge is 2.00. The summed E-state index contributed by atoms with van der Waals surface area (Å²) in [6, 6.07) is 0. The van der Waals surface area contributed by atoms with Gasteiger partial charge in [-0.15, -0.1) is 6.58 Å². The molecule has 0 bridgehead atoms. The first-order valence-electron chi connectivity index (χ1n) is 6.74. The Balaban J connectivity index is 3.20. The molecule has 4 nitrogen and oxygen atoms in total. The van der Waals surface area contributed by atoms with Crippen LogP contribution < -0.4 is 10.4 Å². The van der Waals surface area contributed by atoms with Gasteiger partial charge in [0.2, 0.25) is 5.91 Å². The number of hydrogen-bond acceptors (Lipinski definition) is 3. The van der Waals surface area contributed by atoms with Crippen LogP contribution in [0.3, 0.4) is 0 Å². The molecule has 0 heterocycles. The number of hydrogen-bond donors (Lipinski definition) is 1. The number of nitrogens with one attached hydrogen (secondary N) is 1. The van der Waals surface area contributed by atoms with Gasteiger partial charge in [0, 0.05) is 25.4 Å². The maximum absolute atomic E-state index is 11.3. The van der Waals surface area contributed by atoms with Crippen molar-refractivity contribution in [1.82, 2.24) is 5.32 Å². The Hall–Kier alpha value is -1.32. The molecule has 0 radical (unpaired) electrons. The SMILES string of the molecule is C=CCCCCCCCCC(=O)NCCC(=O)[O-]. The Bertz CT molecular complexity index is 251. The first-order chi connectivity index (χ1) is 8.66. The predicted molar refractivity (Wildman–Crippen MR) is 69.8 cm³/mol. The maximum atomic E-state index is 11.3. The van der Waals surface area contributed by atoms with Gasteiger partial charge in [-0.2, -0.15) is 0 Å². The fraction of sp³-hybridized carbons (Fsp3) is 0.714.